The van der Waals surface area contributed by atoms with Gasteiger partial charge in [0.15, 0.2) is 0 Å². The number of thiophene rings is 1. The number of unbranched alkanes of at least 4 members (excludes halogenated alkanes) is 1. The molecule has 4 aromatic rings. The highest BCUT2D eigenvalue weighted by molar-refractivity contribution is 7.07. The summed E-state index contributed by atoms with van der Waals surface area (Å²) in [6.07, 6.45) is 4.93. The molecule has 0 amide bonds. The zero-order valence-corrected chi connectivity index (χ0v) is 20.0. The molecule has 0 radical (unpaired) electrons. The van der Waals surface area contributed by atoms with E-state index in [0.29, 0.717) is 24.0 Å². The standard InChI is InChI=1S/C28H28N2O3S/c1-2-3-8-25-24(27(31)30-26(29-25)14-11-20-15-16-34-18-20)17-19-9-12-21(13-10-19)22-6-4-5-7-23(22)28(32)33/h4-7,9-10,12-13,15-16,18H,2-3,8,11,14,17H2,1H3,(H,32,33)(H,29,30,31). The summed E-state index contributed by atoms with van der Waals surface area (Å²) in [5.74, 6) is -0.205. The molecule has 5 nitrogen and oxygen atoms in total. The third kappa shape index (κ3) is 5.69. The first-order valence-electron chi connectivity index (χ1n) is 11.6. The molecular formula is C28H28N2O3S. The molecule has 34 heavy (non-hydrogen) atoms. The average molecular weight is 473 g/mol. The number of aryl methyl sites for hydroxylation is 3. The second-order valence-electron chi connectivity index (χ2n) is 8.41. The normalized spacial score (nSPS) is 11.0. The fraction of sp³-hybridized carbons (Fsp3) is 0.250. The number of aromatic carboxylic acids is 1. The van der Waals surface area contributed by atoms with Crippen LogP contribution >= 0.6 is 11.3 Å². The van der Waals surface area contributed by atoms with Crippen LogP contribution in [0, 0.1) is 0 Å². The van der Waals surface area contributed by atoms with Gasteiger partial charge in [0.1, 0.15) is 5.82 Å². The minimum Gasteiger partial charge on any atom is -0.478 e. The first-order valence-corrected chi connectivity index (χ1v) is 12.5. The molecule has 2 N–H and O–H groups in total. The molecule has 6 heteroatoms. The maximum atomic E-state index is 13.0. The lowest BCUT2D eigenvalue weighted by Gasteiger charge is -2.12. The first-order chi connectivity index (χ1) is 16.5. The zero-order valence-electron chi connectivity index (χ0n) is 19.2. The van der Waals surface area contributed by atoms with Gasteiger partial charge in [-0.3, -0.25) is 4.79 Å². The molecule has 2 aromatic heterocycles. The fourth-order valence-corrected chi connectivity index (χ4v) is 4.79. The van der Waals surface area contributed by atoms with E-state index < -0.39 is 5.97 Å². The van der Waals surface area contributed by atoms with Crippen molar-refractivity contribution in [3.8, 4) is 11.1 Å². The predicted octanol–water partition coefficient (Wildman–Crippen LogP) is 5.92. The number of aromatic amines is 1. The summed E-state index contributed by atoms with van der Waals surface area (Å²) in [6.45, 7) is 2.14. The first kappa shape index (κ1) is 23.6. The van der Waals surface area contributed by atoms with Gasteiger partial charge in [0.25, 0.3) is 5.56 Å². The molecule has 0 spiro atoms. The molecule has 2 heterocycles. The van der Waals surface area contributed by atoms with Crippen molar-refractivity contribution >= 4 is 17.3 Å². The SMILES string of the molecule is CCCCc1[nH]c(CCc2ccsc2)nc(=O)c1Cc1ccc(-c2ccccc2C(=O)O)cc1. The molecule has 0 saturated carbocycles. The highest BCUT2D eigenvalue weighted by Crippen LogP contribution is 2.25. The number of rotatable bonds is 10. The minimum atomic E-state index is -0.947. The molecule has 0 aliphatic heterocycles. The van der Waals surface area contributed by atoms with Crippen LogP contribution in [0.4, 0.5) is 0 Å². The van der Waals surface area contributed by atoms with Gasteiger partial charge in [0.2, 0.25) is 0 Å². The van der Waals surface area contributed by atoms with Crippen LogP contribution in [0.5, 0.6) is 0 Å². The number of nitrogens with zero attached hydrogens (tertiary/aromatic N) is 1. The molecule has 0 unspecified atom stereocenters. The molecule has 0 fully saturated rings. The van der Waals surface area contributed by atoms with E-state index in [-0.39, 0.29) is 11.1 Å². The van der Waals surface area contributed by atoms with E-state index in [4.69, 9.17) is 0 Å². The Balaban J connectivity index is 1.57. The Bertz CT molecular complexity index is 1310. The Morgan fingerprint density at radius 2 is 1.79 bits per heavy atom. The van der Waals surface area contributed by atoms with Gasteiger partial charge < -0.3 is 10.1 Å². The highest BCUT2D eigenvalue weighted by Gasteiger charge is 2.14. The van der Waals surface area contributed by atoms with Crippen LogP contribution in [-0.2, 0) is 25.7 Å². The van der Waals surface area contributed by atoms with E-state index in [1.807, 2.05) is 36.4 Å². The third-order valence-electron chi connectivity index (χ3n) is 5.97. The quantitative estimate of drug-likeness (QED) is 0.300. The maximum Gasteiger partial charge on any atom is 0.336 e. The van der Waals surface area contributed by atoms with Gasteiger partial charge in [0, 0.05) is 24.1 Å². The Morgan fingerprint density at radius 1 is 1.00 bits per heavy atom. The van der Waals surface area contributed by atoms with Crippen molar-refractivity contribution in [3.63, 3.8) is 0 Å². The van der Waals surface area contributed by atoms with E-state index in [1.54, 1.807) is 23.5 Å². The summed E-state index contributed by atoms with van der Waals surface area (Å²) in [5, 5.41) is 13.7. The van der Waals surface area contributed by atoms with Gasteiger partial charge in [-0.15, -0.1) is 0 Å². The van der Waals surface area contributed by atoms with E-state index in [1.165, 1.54) is 5.56 Å². The number of carboxylic acid groups (broad SMARTS) is 1. The monoisotopic (exact) mass is 472 g/mol. The fourth-order valence-electron chi connectivity index (χ4n) is 4.09. The lowest BCUT2D eigenvalue weighted by Crippen LogP contribution is -2.21. The van der Waals surface area contributed by atoms with Gasteiger partial charge in [0.05, 0.1) is 5.56 Å². The lowest BCUT2D eigenvalue weighted by atomic mass is 9.96. The Morgan fingerprint density at radius 3 is 2.50 bits per heavy atom. The summed E-state index contributed by atoms with van der Waals surface area (Å²) < 4.78 is 0. The van der Waals surface area contributed by atoms with Crippen molar-refractivity contribution in [2.45, 2.75) is 45.4 Å². The lowest BCUT2D eigenvalue weighted by molar-refractivity contribution is 0.0697. The van der Waals surface area contributed by atoms with E-state index in [2.05, 4.69) is 33.7 Å². The van der Waals surface area contributed by atoms with Crippen molar-refractivity contribution in [3.05, 3.63) is 109 Å². The molecular weight excluding hydrogens is 444 g/mol. The summed E-state index contributed by atoms with van der Waals surface area (Å²) in [7, 11) is 0. The number of H-pyrrole nitrogens is 1. The van der Waals surface area contributed by atoms with Gasteiger partial charge in [-0.1, -0.05) is 55.8 Å². The summed E-state index contributed by atoms with van der Waals surface area (Å²) in [5.41, 5.74) is 5.57. The molecule has 0 saturated heterocycles. The molecule has 0 aliphatic carbocycles. The molecule has 0 aliphatic rings. The Labute approximate surface area is 203 Å². The second-order valence-corrected chi connectivity index (χ2v) is 9.19. The second kappa shape index (κ2) is 11.1. The van der Waals surface area contributed by atoms with Crippen LogP contribution in [0.3, 0.4) is 0 Å². The molecule has 0 bridgehead atoms. The minimum absolute atomic E-state index is 0.162. The van der Waals surface area contributed by atoms with Crippen molar-refractivity contribution in [2.24, 2.45) is 0 Å². The average Bonchev–Trinajstić information content (AvgIpc) is 3.37. The van der Waals surface area contributed by atoms with Crippen LogP contribution < -0.4 is 5.56 Å². The van der Waals surface area contributed by atoms with Crippen LogP contribution in [0.25, 0.3) is 11.1 Å². The summed E-state index contributed by atoms with van der Waals surface area (Å²) in [4.78, 5) is 32.4. The predicted molar refractivity (Wildman–Crippen MR) is 137 cm³/mol. The Hall–Kier alpha value is -3.51. The molecule has 174 valence electrons. The van der Waals surface area contributed by atoms with Gasteiger partial charge in [-0.25, -0.2) is 4.79 Å². The number of aromatic nitrogens is 2. The van der Waals surface area contributed by atoms with Crippen LogP contribution in [0.15, 0.2) is 70.2 Å². The number of hydrogen-bond donors (Lipinski definition) is 2. The summed E-state index contributed by atoms with van der Waals surface area (Å²) in [6, 6.07) is 16.8. The zero-order chi connectivity index (χ0) is 23.9. The van der Waals surface area contributed by atoms with Crippen molar-refractivity contribution in [1.82, 2.24) is 9.97 Å². The number of nitrogens with one attached hydrogen (secondary N) is 1. The van der Waals surface area contributed by atoms with Crippen LogP contribution in [0.1, 0.15) is 58.3 Å². The molecule has 0 atom stereocenters. The smallest absolute Gasteiger partial charge is 0.336 e. The largest absolute Gasteiger partial charge is 0.478 e. The highest BCUT2D eigenvalue weighted by atomic mass is 32.1. The van der Waals surface area contributed by atoms with Crippen LogP contribution in [-0.4, -0.2) is 21.0 Å². The topological polar surface area (TPSA) is 83.0 Å². The molecule has 4 rings (SSSR count). The van der Waals surface area contributed by atoms with E-state index in [9.17, 15) is 14.7 Å². The van der Waals surface area contributed by atoms with E-state index in [0.717, 1.165) is 48.3 Å². The number of carboxylic acids is 1. The van der Waals surface area contributed by atoms with Crippen molar-refractivity contribution < 1.29 is 9.90 Å². The van der Waals surface area contributed by atoms with E-state index >= 15 is 0 Å². The molecule has 2 aromatic carbocycles. The van der Waals surface area contributed by atoms with Crippen molar-refractivity contribution in [1.29, 1.82) is 0 Å². The maximum absolute atomic E-state index is 13.0. The van der Waals surface area contributed by atoms with Gasteiger partial charge >= 0.3 is 5.97 Å². The van der Waals surface area contributed by atoms with Gasteiger partial charge in [-0.2, -0.15) is 16.3 Å². The summed E-state index contributed by atoms with van der Waals surface area (Å²) >= 11 is 1.68. The Kier molecular flexibility index (Phi) is 7.70. The number of benzene rings is 2. The van der Waals surface area contributed by atoms with Gasteiger partial charge in [-0.05, 0) is 64.4 Å². The number of carbonyl (C=O) groups is 1. The van der Waals surface area contributed by atoms with Crippen LogP contribution in [0.2, 0.25) is 0 Å². The third-order valence-corrected chi connectivity index (χ3v) is 6.70. The van der Waals surface area contributed by atoms with Crippen molar-refractivity contribution in [2.75, 3.05) is 0 Å². The number of hydrogen-bond acceptors (Lipinski definition) is 4.